The number of anilines is 1. The molecule has 1 aromatic rings. The van der Waals surface area contributed by atoms with Crippen LogP contribution in [0.4, 0.5) is 15.3 Å². The number of ether oxygens (including phenoxy) is 2. The van der Waals surface area contributed by atoms with E-state index in [-0.39, 0.29) is 12.2 Å². The number of rotatable bonds is 4. The maximum atomic E-state index is 12.2. The minimum atomic E-state index is -2.11. The molecule has 0 spiro atoms. The van der Waals surface area contributed by atoms with Crippen LogP contribution in [0.3, 0.4) is 0 Å². The zero-order chi connectivity index (χ0) is 19.7. The van der Waals surface area contributed by atoms with Crippen LogP contribution in [0.1, 0.15) is 20.8 Å². The van der Waals surface area contributed by atoms with Gasteiger partial charge in [0.05, 0.1) is 0 Å². The number of hydrogen-bond donors (Lipinski definition) is 0. The van der Waals surface area contributed by atoms with E-state index < -0.39 is 30.1 Å². The number of cyclic esters (lactones) is 1. The van der Waals surface area contributed by atoms with Gasteiger partial charge in [-0.1, -0.05) is 0 Å². The van der Waals surface area contributed by atoms with E-state index in [4.69, 9.17) is 9.47 Å². The van der Waals surface area contributed by atoms with E-state index in [0.29, 0.717) is 13.1 Å². The van der Waals surface area contributed by atoms with E-state index in [1.165, 1.54) is 8.48 Å². The fourth-order valence-corrected chi connectivity index (χ4v) is 6.02. The molecule has 1 heterocycles. The SMILES string of the molecule is CN(C[C@H]1CN(c2cc[c]([Sn]([CH3])([CH3])[CH3])cc2)C(=O)O1)C(=O)OC(C)(C)C. The van der Waals surface area contributed by atoms with Gasteiger partial charge in [-0.2, -0.15) is 0 Å². The molecule has 7 heteroatoms. The number of carbonyl (C=O) groups excluding carboxylic acids is 2. The number of hydrogen-bond acceptors (Lipinski definition) is 4. The third kappa shape index (κ3) is 5.53. The molecule has 1 saturated heterocycles. The molecule has 2 rings (SSSR count). The normalized spacial score (nSPS) is 17.9. The van der Waals surface area contributed by atoms with Gasteiger partial charge in [-0.15, -0.1) is 0 Å². The van der Waals surface area contributed by atoms with Crippen molar-refractivity contribution in [3.05, 3.63) is 24.3 Å². The smallest absolute Gasteiger partial charge is 0.0253 e. The Kier molecular flexibility index (Phi) is 6.15. The van der Waals surface area contributed by atoms with Gasteiger partial charge in [-0.3, -0.25) is 0 Å². The third-order valence-corrected chi connectivity index (χ3v) is 10.00. The second-order valence-electron chi connectivity index (χ2n) is 8.77. The van der Waals surface area contributed by atoms with Crippen molar-refractivity contribution in [2.24, 2.45) is 0 Å². The first-order chi connectivity index (χ1) is 11.9. The first-order valence-electron chi connectivity index (χ1n) is 8.89. The van der Waals surface area contributed by atoms with Crippen LogP contribution in [0.5, 0.6) is 0 Å². The van der Waals surface area contributed by atoms with Crippen molar-refractivity contribution in [3.63, 3.8) is 0 Å². The molecule has 26 heavy (non-hydrogen) atoms. The molecule has 1 fully saturated rings. The van der Waals surface area contributed by atoms with Crippen LogP contribution in [0.15, 0.2) is 24.3 Å². The van der Waals surface area contributed by atoms with Crippen LogP contribution in [-0.2, 0) is 9.47 Å². The number of nitrogens with zero attached hydrogens (tertiary/aromatic N) is 2. The van der Waals surface area contributed by atoms with E-state index in [1.54, 1.807) is 11.9 Å². The molecule has 0 aromatic heterocycles. The Morgan fingerprint density at radius 3 is 2.35 bits per heavy atom. The summed E-state index contributed by atoms with van der Waals surface area (Å²) in [5.41, 5.74) is 0.278. The van der Waals surface area contributed by atoms with Crippen LogP contribution >= 0.6 is 0 Å². The van der Waals surface area contributed by atoms with Gasteiger partial charge in [0.25, 0.3) is 0 Å². The van der Waals surface area contributed by atoms with Crippen LogP contribution < -0.4 is 8.48 Å². The van der Waals surface area contributed by atoms with Gasteiger partial charge in [0, 0.05) is 0 Å². The summed E-state index contributed by atoms with van der Waals surface area (Å²) in [5.74, 6) is 0. The van der Waals surface area contributed by atoms with E-state index in [1.807, 2.05) is 32.9 Å². The topological polar surface area (TPSA) is 59.1 Å². The van der Waals surface area contributed by atoms with E-state index >= 15 is 0 Å². The average molecular weight is 469 g/mol. The zero-order valence-electron chi connectivity index (χ0n) is 16.8. The zero-order valence-corrected chi connectivity index (χ0v) is 19.7. The van der Waals surface area contributed by atoms with Gasteiger partial charge in [0.15, 0.2) is 0 Å². The minimum absolute atomic E-state index is 0.299. The maximum absolute atomic E-state index is 12.2. The summed E-state index contributed by atoms with van der Waals surface area (Å²) >= 11 is -2.11. The molecule has 1 aliphatic heterocycles. The van der Waals surface area contributed by atoms with Gasteiger partial charge >= 0.3 is 140 Å². The summed E-state index contributed by atoms with van der Waals surface area (Å²) in [7, 11) is 1.65. The van der Waals surface area contributed by atoms with Gasteiger partial charge in [-0.25, -0.2) is 0 Å². The minimum Gasteiger partial charge on any atom is -0.0253 e. The predicted octanol–water partition coefficient (Wildman–Crippen LogP) is 3.42. The Balaban J connectivity index is 1.99. The first kappa shape index (κ1) is 20.9. The van der Waals surface area contributed by atoms with Gasteiger partial charge in [0.2, 0.25) is 0 Å². The summed E-state index contributed by atoms with van der Waals surface area (Å²) < 4.78 is 12.2. The Bertz CT molecular complexity index is 662. The Morgan fingerprint density at radius 2 is 1.85 bits per heavy atom. The molecular formula is C19H30N2O4Sn. The molecule has 0 unspecified atom stereocenters. The number of likely N-dealkylation sites (N-methyl/N-ethyl adjacent to an activating group) is 1. The van der Waals surface area contributed by atoms with Gasteiger partial charge in [0.1, 0.15) is 0 Å². The second kappa shape index (κ2) is 7.66. The molecule has 2 amide bonds. The predicted molar refractivity (Wildman–Crippen MR) is 106 cm³/mol. The molecule has 0 radical (unpaired) electrons. The molecule has 0 saturated carbocycles. The van der Waals surface area contributed by atoms with E-state index in [9.17, 15) is 9.59 Å². The third-order valence-electron chi connectivity index (χ3n) is 4.10. The van der Waals surface area contributed by atoms with Crippen molar-refractivity contribution in [2.75, 3.05) is 25.0 Å². The number of benzene rings is 1. The van der Waals surface area contributed by atoms with Crippen LogP contribution in [0.25, 0.3) is 0 Å². The molecule has 1 atom stereocenters. The van der Waals surface area contributed by atoms with Crippen LogP contribution in [0, 0.1) is 0 Å². The second-order valence-corrected chi connectivity index (χ2v) is 23.3. The monoisotopic (exact) mass is 470 g/mol. The van der Waals surface area contributed by atoms with E-state index in [2.05, 4.69) is 27.0 Å². The average Bonchev–Trinajstić information content (AvgIpc) is 2.85. The number of carbonyl (C=O) groups is 2. The number of amides is 2. The van der Waals surface area contributed by atoms with Crippen LogP contribution in [0.2, 0.25) is 14.8 Å². The van der Waals surface area contributed by atoms with Crippen molar-refractivity contribution >= 4 is 39.8 Å². The molecule has 0 N–H and O–H groups in total. The molecule has 144 valence electrons. The van der Waals surface area contributed by atoms with Crippen LogP contribution in [-0.4, -0.2) is 67.3 Å². The summed E-state index contributed by atoms with van der Waals surface area (Å²) in [6.45, 7) is 6.18. The van der Waals surface area contributed by atoms with Crippen molar-refractivity contribution in [2.45, 2.75) is 47.3 Å². The Hall–Kier alpha value is -1.44. The molecular weight excluding hydrogens is 439 g/mol. The molecule has 1 aromatic carbocycles. The fraction of sp³-hybridized carbons (Fsp3) is 0.579. The van der Waals surface area contributed by atoms with Crippen molar-refractivity contribution in [3.8, 4) is 0 Å². The summed E-state index contributed by atoms with van der Waals surface area (Å²) in [4.78, 5) is 34.4. The van der Waals surface area contributed by atoms with Gasteiger partial charge in [-0.05, 0) is 20.8 Å². The Labute approximate surface area is 160 Å². The van der Waals surface area contributed by atoms with Crippen molar-refractivity contribution in [1.29, 1.82) is 0 Å². The summed E-state index contributed by atoms with van der Waals surface area (Å²) in [6, 6.07) is 8.22. The standard InChI is InChI=1S/C16H21N2O4.3CH3.Sn/c1-16(2,3)22-14(19)17(4)10-13-11-18(15(20)21-13)12-8-6-5-7-9-12;;;;/h6-9,13H,10-11H2,1-4H3;3*1H3;/t13-;;;;/m0..../s1. The quantitative estimate of drug-likeness (QED) is 0.635. The van der Waals surface area contributed by atoms with E-state index in [0.717, 1.165) is 5.69 Å². The molecule has 0 aliphatic carbocycles. The Morgan fingerprint density at radius 1 is 1.27 bits per heavy atom. The molecule has 6 nitrogen and oxygen atoms in total. The fourth-order valence-electron chi connectivity index (χ4n) is 2.69. The molecule has 0 bridgehead atoms. The first-order valence-corrected chi connectivity index (χ1v) is 18.9. The molecule has 1 aliphatic rings. The van der Waals surface area contributed by atoms with Gasteiger partial charge < -0.3 is 0 Å². The summed E-state index contributed by atoms with van der Waals surface area (Å²) in [5, 5.41) is 0. The summed E-state index contributed by atoms with van der Waals surface area (Å²) in [6.07, 6.45) is -1.17. The van der Waals surface area contributed by atoms with Crippen molar-refractivity contribution in [1.82, 2.24) is 4.90 Å². The van der Waals surface area contributed by atoms with Crippen molar-refractivity contribution < 1.29 is 19.1 Å².